The molecule has 0 saturated carbocycles. The third kappa shape index (κ3) is 1.16. The second-order valence-electron chi connectivity index (χ2n) is 3.09. The fourth-order valence-corrected chi connectivity index (χ4v) is 3.03. The maximum Gasteiger partial charge on any atom is 0.334 e. The van der Waals surface area contributed by atoms with E-state index in [1.165, 1.54) is 11.6 Å². The van der Waals surface area contributed by atoms with Crippen molar-refractivity contribution in [3.05, 3.63) is 20.6 Å². The highest BCUT2D eigenvalue weighted by Gasteiger charge is 2.12. The average Bonchev–Trinajstić information content (AvgIpc) is 2.16. The van der Waals surface area contributed by atoms with Crippen LogP contribution in [0.1, 0.15) is 19.9 Å². The van der Waals surface area contributed by atoms with Crippen LogP contribution in [0, 0.1) is 0 Å². The summed E-state index contributed by atoms with van der Waals surface area (Å²) in [7, 11) is 0.597. The van der Waals surface area contributed by atoms with Gasteiger partial charge in [-0.3, -0.25) is 13.7 Å². The SMILES string of the molecule is CC(C)n1c(=O)n(C)c(=O)p1C. The molecule has 0 aliphatic heterocycles. The predicted molar refractivity (Wildman–Crippen MR) is 50.0 cm³/mol. The standard InChI is InChI=1S/C7H13N2O2P/c1-5(2)9-6(10)8(3)7(11)12(9)4/h5H,1-4H3. The first-order valence-corrected chi connectivity index (χ1v) is 5.55. The van der Waals surface area contributed by atoms with Crippen molar-refractivity contribution in [2.24, 2.45) is 13.7 Å². The van der Waals surface area contributed by atoms with E-state index < -0.39 is 7.69 Å². The number of nitrogens with zero attached hydrogens (tertiary/aromatic N) is 2. The Labute approximate surface area is 71.6 Å². The molecule has 1 heterocycles. The van der Waals surface area contributed by atoms with E-state index in [0.717, 1.165) is 0 Å². The first-order chi connectivity index (χ1) is 5.46. The molecule has 5 heteroatoms. The normalized spacial score (nSPS) is 12.6. The Morgan fingerprint density at radius 1 is 1.33 bits per heavy atom. The monoisotopic (exact) mass is 188 g/mol. The van der Waals surface area contributed by atoms with E-state index in [1.807, 2.05) is 20.5 Å². The van der Waals surface area contributed by atoms with Crippen molar-refractivity contribution in [3.63, 3.8) is 0 Å². The second kappa shape index (κ2) is 2.94. The maximum absolute atomic E-state index is 11.4. The Hall–Kier alpha value is -0.760. The highest BCUT2D eigenvalue weighted by molar-refractivity contribution is 7.43. The minimum absolute atomic E-state index is 0.0521. The quantitative estimate of drug-likeness (QED) is 0.649. The molecule has 0 radical (unpaired) electrons. The molecule has 0 aliphatic rings. The van der Waals surface area contributed by atoms with Crippen LogP contribution >= 0.6 is 7.69 Å². The summed E-state index contributed by atoms with van der Waals surface area (Å²) >= 11 is 0. The van der Waals surface area contributed by atoms with Gasteiger partial charge in [0.2, 0.25) is 0 Å². The number of rotatable bonds is 1. The van der Waals surface area contributed by atoms with Crippen LogP contribution in [0.25, 0.3) is 0 Å². The summed E-state index contributed by atoms with van der Waals surface area (Å²) in [5.41, 5.74) is -0.163. The fourth-order valence-electron chi connectivity index (χ4n) is 1.24. The van der Waals surface area contributed by atoms with Gasteiger partial charge in [-0.05, 0) is 20.5 Å². The van der Waals surface area contributed by atoms with Gasteiger partial charge in [0.1, 0.15) is 0 Å². The lowest BCUT2D eigenvalue weighted by Gasteiger charge is -2.05. The molecule has 0 spiro atoms. The molecule has 68 valence electrons. The number of hydrogen-bond donors (Lipinski definition) is 0. The van der Waals surface area contributed by atoms with Gasteiger partial charge in [-0.1, -0.05) is 0 Å². The van der Waals surface area contributed by atoms with Crippen LogP contribution in [0.4, 0.5) is 0 Å². The minimum Gasteiger partial charge on any atom is -0.277 e. The molecule has 0 bridgehead atoms. The van der Waals surface area contributed by atoms with Gasteiger partial charge in [0.25, 0.3) is 5.29 Å². The zero-order valence-electron chi connectivity index (χ0n) is 7.74. The second-order valence-corrected chi connectivity index (χ2v) is 4.95. The molecule has 1 aromatic heterocycles. The van der Waals surface area contributed by atoms with Gasteiger partial charge in [-0.15, -0.1) is 0 Å². The average molecular weight is 188 g/mol. The molecule has 0 saturated heterocycles. The van der Waals surface area contributed by atoms with Crippen molar-refractivity contribution in [3.8, 4) is 0 Å². The topological polar surface area (TPSA) is 44.0 Å². The molecule has 1 aromatic rings. The summed E-state index contributed by atoms with van der Waals surface area (Å²) in [5.74, 6) is 0. The van der Waals surface area contributed by atoms with Crippen LogP contribution in [0.5, 0.6) is 0 Å². The van der Waals surface area contributed by atoms with Gasteiger partial charge in [-0.25, -0.2) is 4.79 Å². The number of aromatic nitrogens is 2. The van der Waals surface area contributed by atoms with Crippen molar-refractivity contribution in [2.75, 3.05) is 0 Å². The lowest BCUT2D eigenvalue weighted by Crippen LogP contribution is -2.26. The van der Waals surface area contributed by atoms with Gasteiger partial charge in [0.15, 0.2) is 0 Å². The largest absolute Gasteiger partial charge is 0.334 e. The molecule has 4 nitrogen and oxygen atoms in total. The van der Waals surface area contributed by atoms with Crippen LogP contribution in [-0.2, 0) is 13.7 Å². The van der Waals surface area contributed by atoms with Crippen LogP contribution < -0.4 is 11.0 Å². The van der Waals surface area contributed by atoms with Crippen molar-refractivity contribution in [1.82, 2.24) is 8.90 Å². The summed E-state index contributed by atoms with van der Waals surface area (Å²) in [6, 6.07) is 0.113. The van der Waals surface area contributed by atoms with Gasteiger partial charge in [0.05, 0.1) is 0 Å². The van der Waals surface area contributed by atoms with Crippen molar-refractivity contribution in [2.45, 2.75) is 19.9 Å². The Balaban J connectivity index is 3.61. The molecule has 0 fully saturated rings. The third-order valence-corrected chi connectivity index (χ3v) is 3.99. The maximum atomic E-state index is 11.4. The zero-order chi connectivity index (χ0) is 9.46. The first-order valence-electron chi connectivity index (χ1n) is 3.81. The Morgan fingerprint density at radius 2 is 1.83 bits per heavy atom. The van der Waals surface area contributed by atoms with Crippen LogP contribution in [0.2, 0.25) is 0 Å². The molecule has 0 amide bonds. The molecular formula is C7H13N2O2P. The highest BCUT2D eigenvalue weighted by atomic mass is 31.1. The fraction of sp³-hybridized carbons (Fsp3) is 0.714. The summed E-state index contributed by atoms with van der Waals surface area (Å²) < 4.78 is 2.85. The molecule has 12 heavy (non-hydrogen) atoms. The molecule has 1 atom stereocenters. The molecule has 0 aliphatic carbocycles. The van der Waals surface area contributed by atoms with Gasteiger partial charge < -0.3 is 0 Å². The molecule has 1 unspecified atom stereocenters. The van der Waals surface area contributed by atoms with Crippen molar-refractivity contribution >= 4 is 7.69 Å². The van der Waals surface area contributed by atoms with E-state index in [1.54, 1.807) is 4.33 Å². The number of hydrogen-bond acceptors (Lipinski definition) is 2. The smallest absolute Gasteiger partial charge is 0.277 e. The van der Waals surface area contributed by atoms with Gasteiger partial charge >= 0.3 is 5.69 Å². The van der Waals surface area contributed by atoms with E-state index in [9.17, 15) is 9.59 Å². The van der Waals surface area contributed by atoms with E-state index in [2.05, 4.69) is 0 Å². The van der Waals surface area contributed by atoms with Crippen LogP contribution in [0.3, 0.4) is 0 Å². The summed E-state index contributed by atoms with van der Waals surface area (Å²) in [6.45, 7) is 5.66. The van der Waals surface area contributed by atoms with E-state index in [4.69, 9.17) is 0 Å². The Morgan fingerprint density at radius 3 is 2.00 bits per heavy atom. The minimum atomic E-state index is -0.937. The molecule has 1 rings (SSSR count). The predicted octanol–water partition coefficient (Wildman–Crippen LogP) is 0.651. The van der Waals surface area contributed by atoms with E-state index >= 15 is 0 Å². The summed E-state index contributed by atoms with van der Waals surface area (Å²) in [6.07, 6.45) is 0. The van der Waals surface area contributed by atoms with E-state index in [-0.39, 0.29) is 17.0 Å². The van der Waals surface area contributed by atoms with E-state index in [0.29, 0.717) is 0 Å². The molecule has 0 N–H and O–H groups in total. The van der Waals surface area contributed by atoms with Crippen molar-refractivity contribution in [1.29, 1.82) is 0 Å². The first kappa shape index (κ1) is 9.33. The Bertz CT molecular complexity index is 397. The van der Waals surface area contributed by atoms with Crippen LogP contribution in [-0.4, -0.2) is 8.90 Å². The molecular weight excluding hydrogens is 175 g/mol. The summed E-state index contributed by atoms with van der Waals surface area (Å²) in [5, 5.41) is -0.0521. The Kier molecular flexibility index (Phi) is 2.29. The van der Waals surface area contributed by atoms with Gasteiger partial charge in [-0.2, -0.15) is 0 Å². The lowest BCUT2D eigenvalue weighted by molar-refractivity contribution is 0.600. The van der Waals surface area contributed by atoms with Crippen molar-refractivity contribution < 1.29 is 0 Å². The van der Waals surface area contributed by atoms with Gasteiger partial charge in [0, 0.05) is 20.8 Å². The third-order valence-electron chi connectivity index (χ3n) is 1.86. The zero-order valence-corrected chi connectivity index (χ0v) is 8.63. The lowest BCUT2D eigenvalue weighted by atomic mass is 10.4. The summed E-state index contributed by atoms with van der Waals surface area (Å²) in [4.78, 5) is 22.7. The molecule has 0 aromatic carbocycles. The van der Waals surface area contributed by atoms with Crippen LogP contribution in [0.15, 0.2) is 9.59 Å². The highest BCUT2D eigenvalue weighted by Crippen LogP contribution is 2.17.